The monoisotopic (exact) mass is 198 g/mol. The predicted molar refractivity (Wildman–Crippen MR) is 45.3 cm³/mol. The van der Waals surface area contributed by atoms with Gasteiger partial charge in [-0.05, 0) is 18.2 Å². The Hall–Kier alpha value is -1.60. The zero-order valence-electron chi connectivity index (χ0n) is 6.33. The minimum atomic E-state index is -0.693. The number of hydrogen-bond donors (Lipinski definition) is 1. The van der Waals surface area contributed by atoms with Crippen LogP contribution in [0.4, 0.5) is 4.39 Å². The number of benzene rings is 1. The normalized spacial score (nSPS) is 11.0. The summed E-state index contributed by atoms with van der Waals surface area (Å²) in [4.78, 5) is 0. The van der Waals surface area contributed by atoms with E-state index in [1.54, 1.807) is 6.07 Å². The summed E-state index contributed by atoms with van der Waals surface area (Å²) in [6, 6.07) is 5.44. The first-order chi connectivity index (χ1) is 6.19. The molecule has 13 heavy (non-hydrogen) atoms. The van der Waals surface area contributed by atoms with Gasteiger partial charge in [-0.1, -0.05) is 16.8 Å². The standard InChI is InChI=1S/C8H4ClFN2O/c9-8(12-13)6-2-1-5(4-11)3-7(6)10/h1-3,13H/b12-8+. The van der Waals surface area contributed by atoms with Crippen molar-refractivity contribution in [1.82, 2.24) is 0 Å². The highest BCUT2D eigenvalue weighted by Crippen LogP contribution is 2.12. The summed E-state index contributed by atoms with van der Waals surface area (Å²) in [7, 11) is 0. The number of hydrogen-bond acceptors (Lipinski definition) is 3. The van der Waals surface area contributed by atoms with Crippen LogP contribution in [0.2, 0.25) is 0 Å². The second-order valence-electron chi connectivity index (χ2n) is 2.20. The summed E-state index contributed by atoms with van der Waals surface area (Å²) < 4.78 is 13.0. The lowest BCUT2D eigenvalue weighted by Gasteiger charge is -1.98. The van der Waals surface area contributed by atoms with Gasteiger partial charge in [0.15, 0.2) is 5.17 Å². The number of halogens is 2. The molecule has 66 valence electrons. The van der Waals surface area contributed by atoms with Crippen LogP contribution < -0.4 is 0 Å². The zero-order chi connectivity index (χ0) is 9.84. The van der Waals surface area contributed by atoms with E-state index in [-0.39, 0.29) is 16.3 Å². The van der Waals surface area contributed by atoms with Crippen LogP contribution in [0, 0.1) is 17.1 Å². The number of oxime groups is 1. The first kappa shape index (κ1) is 9.49. The molecule has 0 heterocycles. The molecule has 1 N–H and O–H groups in total. The summed E-state index contributed by atoms with van der Waals surface area (Å²) >= 11 is 5.37. The fourth-order valence-corrected chi connectivity index (χ4v) is 0.959. The highest BCUT2D eigenvalue weighted by molar-refractivity contribution is 6.69. The molecule has 1 aromatic carbocycles. The lowest BCUT2D eigenvalue weighted by atomic mass is 10.1. The number of nitriles is 1. The molecule has 0 aliphatic carbocycles. The second-order valence-corrected chi connectivity index (χ2v) is 2.56. The maximum absolute atomic E-state index is 13.0. The maximum Gasteiger partial charge on any atom is 0.178 e. The fourth-order valence-electron chi connectivity index (χ4n) is 0.806. The fraction of sp³-hybridized carbons (Fsp3) is 0. The van der Waals surface area contributed by atoms with Crippen molar-refractivity contribution in [2.75, 3.05) is 0 Å². The Kier molecular flexibility index (Phi) is 2.83. The molecule has 1 rings (SSSR count). The minimum Gasteiger partial charge on any atom is -0.410 e. The zero-order valence-corrected chi connectivity index (χ0v) is 7.09. The molecule has 0 saturated heterocycles. The Labute approximate surface area is 78.7 Å². The van der Waals surface area contributed by atoms with Crippen LogP contribution in [-0.4, -0.2) is 10.4 Å². The largest absolute Gasteiger partial charge is 0.410 e. The summed E-state index contributed by atoms with van der Waals surface area (Å²) in [5.41, 5.74) is 0.145. The highest BCUT2D eigenvalue weighted by atomic mass is 35.5. The lowest BCUT2D eigenvalue weighted by Crippen LogP contribution is -1.96. The van der Waals surface area contributed by atoms with E-state index < -0.39 is 5.82 Å². The molecule has 0 fully saturated rings. The minimum absolute atomic E-state index is 0.0387. The third-order valence-electron chi connectivity index (χ3n) is 1.41. The first-order valence-electron chi connectivity index (χ1n) is 3.26. The molecule has 0 unspecified atom stereocenters. The van der Waals surface area contributed by atoms with Crippen LogP contribution in [0.25, 0.3) is 0 Å². The quantitative estimate of drug-likeness (QED) is 0.427. The van der Waals surface area contributed by atoms with Crippen LogP contribution >= 0.6 is 11.6 Å². The van der Waals surface area contributed by atoms with E-state index in [1.165, 1.54) is 12.1 Å². The van der Waals surface area contributed by atoms with Crippen molar-refractivity contribution < 1.29 is 9.60 Å². The first-order valence-corrected chi connectivity index (χ1v) is 3.64. The van der Waals surface area contributed by atoms with Gasteiger partial charge in [-0.3, -0.25) is 0 Å². The van der Waals surface area contributed by atoms with E-state index >= 15 is 0 Å². The molecule has 0 aliphatic rings. The van der Waals surface area contributed by atoms with Gasteiger partial charge in [-0.15, -0.1) is 0 Å². The average molecular weight is 199 g/mol. The van der Waals surface area contributed by atoms with E-state index in [4.69, 9.17) is 22.1 Å². The Morgan fingerprint density at radius 3 is 2.77 bits per heavy atom. The van der Waals surface area contributed by atoms with Crippen LogP contribution in [-0.2, 0) is 0 Å². The molecule has 0 saturated carbocycles. The van der Waals surface area contributed by atoms with Gasteiger partial charge in [0.05, 0.1) is 17.2 Å². The van der Waals surface area contributed by atoms with Gasteiger partial charge >= 0.3 is 0 Å². The van der Waals surface area contributed by atoms with Crippen molar-refractivity contribution >= 4 is 16.8 Å². The molecule has 0 bridgehead atoms. The molecule has 0 aliphatic heterocycles. The molecule has 5 heteroatoms. The third-order valence-corrected chi connectivity index (χ3v) is 1.69. The van der Waals surface area contributed by atoms with Gasteiger partial charge < -0.3 is 5.21 Å². The molecule has 0 spiro atoms. The second kappa shape index (κ2) is 3.87. The number of rotatable bonds is 1. The summed E-state index contributed by atoms with van der Waals surface area (Å²) in [6.07, 6.45) is 0. The average Bonchev–Trinajstić information content (AvgIpc) is 2.16. The third kappa shape index (κ3) is 1.95. The summed E-state index contributed by atoms with van der Waals surface area (Å²) in [6.45, 7) is 0. The molecular weight excluding hydrogens is 195 g/mol. The van der Waals surface area contributed by atoms with Crippen molar-refractivity contribution in [2.45, 2.75) is 0 Å². The summed E-state index contributed by atoms with van der Waals surface area (Å²) in [5, 5.41) is 19.0. The van der Waals surface area contributed by atoms with Crippen molar-refractivity contribution in [2.24, 2.45) is 5.16 Å². The topological polar surface area (TPSA) is 56.4 Å². The van der Waals surface area contributed by atoms with Crippen LogP contribution in [0.5, 0.6) is 0 Å². The van der Waals surface area contributed by atoms with Crippen molar-refractivity contribution in [1.29, 1.82) is 5.26 Å². The van der Waals surface area contributed by atoms with Gasteiger partial charge in [-0.2, -0.15) is 5.26 Å². The van der Waals surface area contributed by atoms with E-state index in [0.29, 0.717) is 0 Å². The van der Waals surface area contributed by atoms with Crippen molar-refractivity contribution in [3.63, 3.8) is 0 Å². The van der Waals surface area contributed by atoms with Gasteiger partial charge in [0.1, 0.15) is 5.82 Å². The van der Waals surface area contributed by atoms with Gasteiger partial charge in [0.2, 0.25) is 0 Å². The van der Waals surface area contributed by atoms with E-state index in [0.717, 1.165) is 6.07 Å². The van der Waals surface area contributed by atoms with Gasteiger partial charge in [-0.25, -0.2) is 4.39 Å². The molecule has 0 atom stereocenters. The lowest BCUT2D eigenvalue weighted by molar-refractivity contribution is 0.320. The van der Waals surface area contributed by atoms with Crippen LogP contribution in [0.1, 0.15) is 11.1 Å². The Balaban J connectivity index is 3.22. The van der Waals surface area contributed by atoms with E-state index in [2.05, 4.69) is 5.16 Å². The van der Waals surface area contributed by atoms with E-state index in [9.17, 15) is 4.39 Å². The maximum atomic E-state index is 13.0. The van der Waals surface area contributed by atoms with Gasteiger partial charge in [0.25, 0.3) is 0 Å². The van der Waals surface area contributed by atoms with Crippen LogP contribution in [0.3, 0.4) is 0 Å². The number of nitrogens with zero attached hydrogens (tertiary/aromatic N) is 2. The predicted octanol–water partition coefficient (Wildman–Crippen LogP) is 2.07. The Bertz CT molecular complexity index is 398. The summed E-state index contributed by atoms with van der Waals surface area (Å²) in [5.74, 6) is -0.693. The molecule has 3 nitrogen and oxygen atoms in total. The molecule has 0 aromatic heterocycles. The molecule has 1 aromatic rings. The molecule has 0 radical (unpaired) electrons. The highest BCUT2D eigenvalue weighted by Gasteiger charge is 2.08. The van der Waals surface area contributed by atoms with Crippen LogP contribution in [0.15, 0.2) is 23.4 Å². The molecular formula is C8H4ClFN2O. The van der Waals surface area contributed by atoms with Crippen molar-refractivity contribution in [3.05, 3.63) is 35.1 Å². The van der Waals surface area contributed by atoms with Gasteiger partial charge in [0, 0.05) is 0 Å². The van der Waals surface area contributed by atoms with Crippen molar-refractivity contribution in [3.8, 4) is 6.07 Å². The Morgan fingerprint density at radius 2 is 2.31 bits per heavy atom. The molecule has 0 amide bonds. The SMILES string of the molecule is N#Cc1ccc(/C(Cl)=N\O)c(F)c1. The Morgan fingerprint density at radius 1 is 1.62 bits per heavy atom. The van der Waals surface area contributed by atoms with E-state index in [1.807, 2.05) is 0 Å². The smallest absolute Gasteiger partial charge is 0.178 e.